The van der Waals surface area contributed by atoms with E-state index < -0.39 is 36.0 Å². The van der Waals surface area contributed by atoms with Gasteiger partial charge in [0, 0.05) is 6.20 Å². The van der Waals surface area contributed by atoms with Gasteiger partial charge >= 0.3 is 12.0 Å². The number of aromatic nitrogens is 1. The van der Waals surface area contributed by atoms with E-state index in [0.717, 1.165) is 0 Å². The van der Waals surface area contributed by atoms with Gasteiger partial charge in [-0.25, -0.2) is 14.6 Å². The smallest absolute Gasteiger partial charge is 0.357 e. The number of nitrogens with zero attached hydrogens (tertiary/aromatic N) is 2. The number of esters is 1. The number of rotatable bonds is 5. The summed E-state index contributed by atoms with van der Waals surface area (Å²) in [7, 11) is 0. The molecule has 0 aliphatic carbocycles. The lowest BCUT2D eigenvalue weighted by Gasteiger charge is -2.22. The van der Waals surface area contributed by atoms with Crippen LogP contribution in [0.15, 0.2) is 54.7 Å². The van der Waals surface area contributed by atoms with E-state index in [9.17, 15) is 19.2 Å². The zero-order valence-corrected chi connectivity index (χ0v) is 14.3. The van der Waals surface area contributed by atoms with E-state index >= 15 is 0 Å². The fourth-order valence-corrected chi connectivity index (χ4v) is 2.55. The van der Waals surface area contributed by atoms with Gasteiger partial charge in [0.1, 0.15) is 11.2 Å². The van der Waals surface area contributed by atoms with Crippen LogP contribution >= 0.6 is 0 Å². The summed E-state index contributed by atoms with van der Waals surface area (Å²) >= 11 is 0. The summed E-state index contributed by atoms with van der Waals surface area (Å²) in [5.74, 6) is -2.28. The number of benzene rings is 1. The number of amides is 4. The number of imide groups is 1. The normalized spacial score (nSPS) is 18.8. The number of hydrogen-bond donors (Lipinski definition) is 2. The van der Waals surface area contributed by atoms with Crippen LogP contribution < -0.4 is 10.7 Å². The molecule has 1 aromatic heterocycles. The summed E-state index contributed by atoms with van der Waals surface area (Å²) in [6.07, 6.45) is 1.41. The monoisotopic (exact) mass is 368 g/mol. The first-order valence-corrected chi connectivity index (χ1v) is 8.01. The van der Waals surface area contributed by atoms with Crippen molar-refractivity contribution in [2.24, 2.45) is 0 Å². The minimum absolute atomic E-state index is 0.0388. The lowest BCUT2D eigenvalue weighted by atomic mass is 9.92. The van der Waals surface area contributed by atoms with Crippen LogP contribution in [0.5, 0.6) is 0 Å². The molecule has 1 atom stereocenters. The number of ether oxygens (including phenoxy) is 1. The Morgan fingerprint density at radius 3 is 2.52 bits per heavy atom. The third kappa shape index (κ3) is 3.61. The molecular weight excluding hydrogens is 352 g/mol. The number of carbonyl (C=O) groups is 4. The van der Waals surface area contributed by atoms with Gasteiger partial charge in [0.05, 0.1) is 0 Å². The van der Waals surface area contributed by atoms with Crippen LogP contribution in [0, 0.1) is 0 Å². The number of pyridine rings is 1. The molecule has 1 aliphatic heterocycles. The Morgan fingerprint density at radius 2 is 1.85 bits per heavy atom. The minimum atomic E-state index is -1.31. The van der Waals surface area contributed by atoms with E-state index in [2.05, 4.69) is 15.7 Å². The van der Waals surface area contributed by atoms with E-state index in [1.807, 2.05) is 0 Å². The fourth-order valence-electron chi connectivity index (χ4n) is 2.55. The third-order valence-corrected chi connectivity index (χ3v) is 3.99. The van der Waals surface area contributed by atoms with Crippen molar-refractivity contribution in [2.75, 3.05) is 6.61 Å². The zero-order chi connectivity index (χ0) is 19.4. The topological polar surface area (TPSA) is 118 Å². The van der Waals surface area contributed by atoms with Gasteiger partial charge in [-0.05, 0) is 24.6 Å². The highest BCUT2D eigenvalue weighted by atomic mass is 16.5. The Labute approximate surface area is 154 Å². The van der Waals surface area contributed by atoms with Crippen LogP contribution in [0.4, 0.5) is 4.79 Å². The molecule has 1 fully saturated rings. The van der Waals surface area contributed by atoms with Crippen LogP contribution in [0.3, 0.4) is 0 Å². The number of hydrazine groups is 1. The quantitative estimate of drug-likeness (QED) is 0.594. The van der Waals surface area contributed by atoms with Crippen LogP contribution in [0.1, 0.15) is 23.0 Å². The summed E-state index contributed by atoms with van der Waals surface area (Å²) in [4.78, 5) is 52.3. The summed E-state index contributed by atoms with van der Waals surface area (Å²) in [5, 5.41) is 3.12. The Bertz CT molecular complexity index is 887. The highest BCUT2D eigenvalue weighted by Gasteiger charge is 2.49. The van der Waals surface area contributed by atoms with Gasteiger partial charge < -0.3 is 10.1 Å². The number of urea groups is 1. The van der Waals surface area contributed by atoms with E-state index in [0.29, 0.717) is 10.6 Å². The fraction of sp³-hybridized carbons (Fsp3) is 0.167. The predicted octanol–water partition coefficient (Wildman–Crippen LogP) is 0.737. The molecule has 3 rings (SSSR count). The van der Waals surface area contributed by atoms with Crippen molar-refractivity contribution < 1.29 is 23.9 Å². The molecule has 0 bridgehead atoms. The highest BCUT2D eigenvalue weighted by Crippen LogP contribution is 2.27. The van der Waals surface area contributed by atoms with Crippen LogP contribution in [0.25, 0.3) is 0 Å². The van der Waals surface area contributed by atoms with Gasteiger partial charge in [-0.2, -0.15) is 5.01 Å². The number of carbonyl (C=O) groups excluding carboxylic acids is 4. The summed E-state index contributed by atoms with van der Waals surface area (Å²) in [5.41, 5.74) is 1.45. The molecule has 1 saturated heterocycles. The Kier molecular flexibility index (Phi) is 4.84. The molecule has 2 N–H and O–H groups in total. The molecule has 0 radical (unpaired) electrons. The maximum atomic E-state index is 12.6. The second-order valence-corrected chi connectivity index (χ2v) is 5.89. The average Bonchev–Trinajstić information content (AvgIpc) is 2.91. The van der Waals surface area contributed by atoms with Gasteiger partial charge in [-0.3, -0.25) is 15.0 Å². The maximum Gasteiger partial charge on any atom is 0.357 e. The second kappa shape index (κ2) is 7.24. The molecule has 2 aromatic rings. The SMILES string of the molecule is C[C@]1(c2ccccc2)NC(=O)N(NC(=O)COC(=O)c2ccccn2)C1=O. The predicted molar refractivity (Wildman–Crippen MR) is 91.8 cm³/mol. The van der Waals surface area contributed by atoms with Crippen LogP contribution in [0.2, 0.25) is 0 Å². The summed E-state index contributed by atoms with van der Waals surface area (Å²) in [6.45, 7) is 0.865. The number of nitrogens with one attached hydrogen (secondary N) is 2. The van der Waals surface area contributed by atoms with Crippen molar-refractivity contribution >= 4 is 23.8 Å². The van der Waals surface area contributed by atoms with Crippen molar-refractivity contribution in [1.82, 2.24) is 20.7 Å². The molecule has 2 heterocycles. The van der Waals surface area contributed by atoms with E-state index in [1.54, 1.807) is 42.5 Å². The molecule has 27 heavy (non-hydrogen) atoms. The molecule has 0 unspecified atom stereocenters. The lowest BCUT2D eigenvalue weighted by Crippen LogP contribution is -2.49. The molecule has 9 nitrogen and oxygen atoms in total. The maximum absolute atomic E-state index is 12.6. The van der Waals surface area contributed by atoms with Crippen molar-refractivity contribution in [1.29, 1.82) is 0 Å². The second-order valence-electron chi connectivity index (χ2n) is 5.89. The summed E-state index contributed by atoms with van der Waals surface area (Å²) < 4.78 is 4.82. The van der Waals surface area contributed by atoms with Crippen molar-refractivity contribution in [3.8, 4) is 0 Å². The van der Waals surface area contributed by atoms with E-state index in [1.165, 1.54) is 19.2 Å². The van der Waals surface area contributed by atoms with Gasteiger partial charge in [0.15, 0.2) is 6.61 Å². The van der Waals surface area contributed by atoms with Gasteiger partial charge in [-0.1, -0.05) is 36.4 Å². The average molecular weight is 368 g/mol. The molecule has 1 aromatic carbocycles. The summed E-state index contributed by atoms with van der Waals surface area (Å²) in [6, 6.07) is 12.5. The van der Waals surface area contributed by atoms with Crippen molar-refractivity contribution in [3.05, 3.63) is 66.0 Å². The van der Waals surface area contributed by atoms with E-state index in [4.69, 9.17) is 4.74 Å². The van der Waals surface area contributed by atoms with Crippen LogP contribution in [-0.2, 0) is 19.9 Å². The first kappa shape index (κ1) is 18.1. The molecule has 9 heteroatoms. The molecule has 0 spiro atoms. The van der Waals surface area contributed by atoms with Crippen molar-refractivity contribution in [3.63, 3.8) is 0 Å². The minimum Gasteiger partial charge on any atom is -0.451 e. The molecule has 138 valence electrons. The van der Waals surface area contributed by atoms with Crippen molar-refractivity contribution in [2.45, 2.75) is 12.5 Å². The Morgan fingerprint density at radius 1 is 1.15 bits per heavy atom. The molecule has 1 aliphatic rings. The Balaban J connectivity index is 1.62. The first-order chi connectivity index (χ1) is 12.9. The van der Waals surface area contributed by atoms with Gasteiger partial charge in [0.2, 0.25) is 0 Å². The zero-order valence-electron chi connectivity index (χ0n) is 14.3. The van der Waals surface area contributed by atoms with Crippen LogP contribution in [-0.4, -0.2) is 40.4 Å². The molecule has 4 amide bonds. The van der Waals surface area contributed by atoms with Gasteiger partial charge in [0.25, 0.3) is 11.8 Å². The molecule has 0 saturated carbocycles. The first-order valence-electron chi connectivity index (χ1n) is 8.01. The van der Waals surface area contributed by atoms with Gasteiger partial charge in [-0.15, -0.1) is 0 Å². The Hall–Kier alpha value is -3.75. The highest BCUT2D eigenvalue weighted by molar-refractivity contribution is 6.08. The third-order valence-electron chi connectivity index (χ3n) is 3.99. The number of hydrogen-bond acceptors (Lipinski definition) is 6. The largest absolute Gasteiger partial charge is 0.451 e. The standard InChI is InChI=1S/C18H16N4O5/c1-18(12-7-3-2-4-8-12)16(25)22(17(26)20-18)21-14(23)11-27-15(24)13-9-5-6-10-19-13/h2-10H,11H2,1H3,(H,20,26)(H,21,23)/t18-/m1/s1. The van der Waals surface area contributed by atoms with E-state index in [-0.39, 0.29) is 5.69 Å². The lowest BCUT2D eigenvalue weighted by molar-refractivity contribution is -0.140. The molecular formula is C18H16N4O5.